The van der Waals surface area contributed by atoms with Crippen LogP contribution >= 0.6 is 0 Å². The molecule has 37 heavy (non-hydrogen) atoms. The molecule has 0 bridgehead atoms. The normalized spacial score (nSPS) is 13.0. The lowest BCUT2D eigenvalue weighted by atomic mass is 9.88. The lowest BCUT2D eigenvalue weighted by molar-refractivity contribution is -0.116. The first-order valence-corrected chi connectivity index (χ1v) is 13.1. The summed E-state index contributed by atoms with van der Waals surface area (Å²) in [6.45, 7) is 8.83. The average molecular weight is 487 g/mol. The van der Waals surface area contributed by atoms with E-state index in [1.807, 2.05) is 0 Å². The lowest BCUT2D eigenvalue weighted by Gasteiger charge is -2.37. The molecule has 0 saturated carbocycles. The summed E-state index contributed by atoms with van der Waals surface area (Å²) in [5, 5.41) is 0. The molecule has 0 fully saturated rings. The van der Waals surface area contributed by atoms with E-state index < -0.39 is 0 Å². The number of hydrogen-bond donors (Lipinski definition) is 0. The topological polar surface area (TPSA) is 9.23 Å². The Hall–Kier alpha value is -3.68. The largest absolute Gasteiger partial charge is 0.369 e. The van der Waals surface area contributed by atoms with Gasteiger partial charge in [0, 0.05) is 12.8 Å². The minimum Gasteiger partial charge on any atom is -0.369 e. The summed E-state index contributed by atoms with van der Waals surface area (Å²) in [5.74, 6) is 0. The van der Waals surface area contributed by atoms with E-state index in [4.69, 9.17) is 4.74 Å². The van der Waals surface area contributed by atoms with Crippen LogP contribution in [0, 0.1) is 0 Å². The van der Waals surface area contributed by atoms with Crippen LogP contribution in [0.25, 0.3) is 23.3 Å². The first kappa shape index (κ1) is 26.4. The first-order valence-electron chi connectivity index (χ1n) is 13.1. The van der Waals surface area contributed by atoms with Crippen molar-refractivity contribution in [2.24, 2.45) is 0 Å². The van der Waals surface area contributed by atoms with Gasteiger partial charge in [0.1, 0.15) is 0 Å². The van der Waals surface area contributed by atoms with Gasteiger partial charge < -0.3 is 4.74 Å². The van der Waals surface area contributed by atoms with Gasteiger partial charge in [0.25, 0.3) is 0 Å². The third-order valence-electron chi connectivity index (χ3n) is 6.36. The Morgan fingerprint density at radius 1 is 0.486 bits per heavy atom. The molecule has 188 valence electrons. The maximum absolute atomic E-state index is 6.92. The monoisotopic (exact) mass is 486 g/mol. The van der Waals surface area contributed by atoms with Crippen LogP contribution in [0.2, 0.25) is 0 Å². The van der Waals surface area contributed by atoms with Crippen LogP contribution in [-0.4, -0.2) is 11.2 Å². The molecule has 1 heteroatoms. The minimum absolute atomic E-state index is 0.367. The fourth-order valence-electron chi connectivity index (χ4n) is 5.02. The van der Waals surface area contributed by atoms with E-state index in [0.29, 0.717) is 0 Å². The zero-order valence-corrected chi connectivity index (χ0v) is 22.5. The Morgan fingerprint density at radius 3 is 1.11 bits per heavy atom. The van der Waals surface area contributed by atoms with Crippen molar-refractivity contribution >= 4 is 23.3 Å². The van der Waals surface area contributed by atoms with Crippen molar-refractivity contribution in [1.29, 1.82) is 0 Å². The molecule has 0 heterocycles. The van der Waals surface area contributed by atoms with Gasteiger partial charge in [-0.25, -0.2) is 0 Å². The van der Waals surface area contributed by atoms with Gasteiger partial charge in [-0.2, -0.15) is 0 Å². The third-order valence-corrected chi connectivity index (χ3v) is 6.36. The Morgan fingerprint density at radius 2 is 0.784 bits per heavy atom. The average Bonchev–Trinajstić information content (AvgIpc) is 2.89. The summed E-state index contributed by atoms with van der Waals surface area (Å²) in [4.78, 5) is 0. The van der Waals surface area contributed by atoms with Crippen molar-refractivity contribution in [3.8, 4) is 0 Å². The Balaban J connectivity index is 1.59. The lowest BCUT2D eigenvalue weighted by Crippen LogP contribution is -2.37. The molecule has 0 N–H and O–H groups in total. The summed E-state index contributed by atoms with van der Waals surface area (Å²) in [7, 11) is 0. The number of ether oxygens (including phenoxy) is 1. The highest BCUT2D eigenvalue weighted by atomic mass is 16.5. The maximum Gasteiger partial charge on any atom is 0.0674 e. The van der Waals surface area contributed by atoms with Crippen molar-refractivity contribution < 1.29 is 4.74 Å². The van der Waals surface area contributed by atoms with Crippen molar-refractivity contribution in [3.05, 3.63) is 144 Å². The van der Waals surface area contributed by atoms with Gasteiger partial charge in [-0.1, -0.05) is 133 Å². The second-order valence-corrected chi connectivity index (χ2v) is 10.9. The molecule has 4 aromatic rings. The summed E-state index contributed by atoms with van der Waals surface area (Å²) in [5.41, 5.74) is 6.68. The molecular formula is C36H38O. The van der Waals surface area contributed by atoms with Gasteiger partial charge in [0.05, 0.1) is 11.2 Å². The molecule has 0 atom stereocenters. The Labute approximate surface area is 223 Å². The molecule has 0 amide bonds. The second kappa shape index (κ2) is 12.0. The van der Waals surface area contributed by atoms with Crippen molar-refractivity contribution in [1.82, 2.24) is 0 Å². The first-order chi connectivity index (χ1) is 17.8. The van der Waals surface area contributed by atoms with E-state index in [1.54, 1.807) is 0 Å². The van der Waals surface area contributed by atoms with Gasteiger partial charge in [-0.05, 0) is 61.1 Å². The van der Waals surface area contributed by atoms with Crippen LogP contribution in [0.15, 0.2) is 121 Å². The van der Waals surface area contributed by atoms with Crippen LogP contribution in [0.4, 0.5) is 0 Å². The van der Waals surface area contributed by atoms with E-state index >= 15 is 0 Å². The van der Waals surface area contributed by atoms with Gasteiger partial charge in [0.2, 0.25) is 0 Å². The second-order valence-electron chi connectivity index (χ2n) is 10.9. The fourth-order valence-corrected chi connectivity index (χ4v) is 5.02. The minimum atomic E-state index is -0.367. The quantitative estimate of drug-likeness (QED) is 0.203. The Kier molecular flexibility index (Phi) is 8.58. The molecule has 0 aliphatic carbocycles. The van der Waals surface area contributed by atoms with E-state index in [1.165, 1.54) is 33.4 Å². The number of rotatable bonds is 10. The summed E-state index contributed by atoms with van der Waals surface area (Å²) in [6.07, 6.45) is 6.19. The molecule has 0 aliphatic rings. The van der Waals surface area contributed by atoms with Crippen molar-refractivity contribution in [2.75, 3.05) is 0 Å². The van der Waals surface area contributed by atoms with E-state index in [0.717, 1.165) is 12.8 Å². The molecule has 4 aromatic carbocycles. The van der Waals surface area contributed by atoms with Crippen LogP contribution in [-0.2, 0) is 4.74 Å². The SMILES string of the molecule is CC(C)(C/C(=C\c1ccccc1)c1ccccc1)OC(C)(C)C/C(=C\c1ccccc1)c1ccccc1. The van der Waals surface area contributed by atoms with Crippen molar-refractivity contribution in [2.45, 2.75) is 51.7 Å². The smallest absolute Gasteiger partial charge is 0.0674 e. The van der Waals surface area contributed by atoms with E-state index in [2.05, 4.69) is 161 Å². The van der Waals surface area contributed by atoms with Gasteiger partial charge >= 0.3 is 0 Å². The predicted molar refractivity (Wildman–Crippen MR) is 160 cm³/mol. The zero-order valence-electron chi connectivity index (χ0n) is 22.5. The molecule has 0 saturated heterocycles. The molecule has 0 radical (unpaired) electrons. The molecule has 0 unspecified atom stereocenters. The maximum atomic E-state index is 6.92. The number of benzene rings is 4. The van der Waals surface area contributed by atoms with Crippen molar-refractivity contribution in [3.63, 3.8) is 0 Å². The number of hydrogen-bond acceptors (Lipinski definition) is 1. The third kappa shape index (κ3) is 8.17. The molecule has 0 aromatic heterocycles. The highest BCUT2D eigenvalue weighted by molar-refractivity contribution is 5.83. The fraction of sp³-hybridized carbons (Fsp3) is 0.222. The molecule has 1 nitrogen and oxygen atoms in total. The van der Waals surface area contributed by atoms with Gasteiger partial charge in [-0.3, -0.25) is 0 Å². The summed E-state index contributed by atoms with van der Waals surface area (Å²) < 4.78 is 6.92. The van der Waals surface area contributed by atoms with Crippen LogP contribution < -0.4 is 0 Å². The molecular weight excluding hydrogens is 448 g/mol. The molecule has 0 aliphatic heterocycles. The van der Waals surface area contributed by atoms with E-state index in [9.17, 15) is 0 Å². The Bertz CT molecular complexity index is 1190. The van der Waals surface area contributed by atoms with Crippen LogP contribution in [0.3, 0.4) is 0 Å². The van der Waals surface area contributed by atoms with Crippen LogP contribution in [0.1, 0.15) is 62.8 Å². The van der Waals surface area contributed by atoms with Crippen LogP contribution in [0.5, 0.6) is 0 Å². The van der Waals surface area contributed by atoms with E-state index in [-0.39, 0.29) is 11.2 Å². The van der Waals surface area contributed by atoms with Gasteiger partial charge in [-0.15, -0.1) is 0 Å². The molecule has 0 spiro atoms. The molecule has 4 rings (SSSR count). The summed E-state index contributed by atoms with van der Waals surface area (Å²) in [6, 6.07) is 42.4. The zero-order chi connectivity index (χ0) is 26.1. The highest BCUT2D eigenvalue weighted by Crippen LogP contribution is 2.36. The van der Waals surface area contributed by atoms with Gasteiger partial charge in [0.15, 0.2) is 0 Å². The standard InChI is InChI=1S/C36H38O/c1-35(2,27-33(31-21-13-7-14-22-31)25-29-17-9-5-10-18-29)37-36(3,4)28-34(32-23-15-8-16-24-32)26-30-19-11-6-12-20-30/h5-26H,27-28H2,1-4H3/b33-25+,34-26+. The predicted octanol–water partition coefficient (Wildman–Crippen LogP) is 9.82. The highest BCUT2D eigenvalue weighted by Gasteiger charge is 2.31. The summed E-state index contributed by atoms with van der Waals surface area (Å²) >= 11 is 0.